The van der Waals surface area contributed by atoms with Crippen molar-refractivity contribution in [3.05, 3.63) is 58.7 Å². The highest BCUT2D eigenvalue weighted by Crippen LogP contribution is 2.12. The minimum atomic E-state index is -1.07. The molecule has 0 aliphatic rings. The van der Waals surface area contributed by atoms with Crippen LogP contribution in [0.4, 0.5) is 10.5 Å². The summed E-state index contributed by atoms with van der Waals surface area (Å²) in [6.07, 6.45) is 4.07. The second-order valence-electron chi connectivity index (χ2n) is 5.03. The number of aryl methyl sites for hydroxylation is 1. The standard InChI is InChI=1S/C15H15N3O6/c19-14(2-1-7-16-8-9-17(11-16)15(20)21)24-10-12-3-5-13(6-4-12)18(22)23/h3-6,8-9,11H,1-2,7,10H2/p+1. The fourth-order valence-corrected chi connectivity index (χ4v) is 2.00. The molecule has 0 atom stereocenters. The highest BCUT2D eigenvalue weighted by atomic mass is 16.6. The van der Waals surface area contributed by atoms with Crippen molar-refractivity contribution in [3.63, 3.8) is 0 Å². The molecule has 0 aliphatic carbocycles. The van der Waals surface area contributed by atoms with E-state index in [-0.39, 0.29) is 24.7 Å². The SMILES string of the molecule is O=C(CCC[n+]1ccn(C(=O)O)c1)OCc1ccc([N+](=O)[O-])cc1. The number of carbonyl (C=O) groups excluding carboxylic acids is 1. The van der Waals surface area contributed by atoms with Crippen LogP contribution in [0.15, 0.2) is 43.0 Å². The van der Waals surface area contributed by atoms with Crippen LogP contribution in [0.2, 0.25) is 0 Å². The van der Waals surface area contributed by atoms with Crippen molar-refractivity contribution < 1.29 is 28.9 Å². The summed E-state index contributed by atoms with van der Waals surface area (Å²) in [4.78, 5) is 32.4. The maximum absolute atomic E-state index is 11.7. The van der Waals surface area contributed by atoms with Crippen molar-refractivity contribution in [2.24, 2.45) is 0 Å². The first-order valence-corrected chi connectivity index (χ1v) is 7.15. The first kappa shape index (κ1) is 17.1. The molecule has 2 rings (SSSR count). The lowest BCUT2D eigenvalue weighted by Crippen LogP contribution is -2.31. The lowest BCUT2D eigenvalue weighted by atomic mass is 10.2. The zero-order chi connectivity index (χ0) is 17.5. The van der Waals surface area contributed by atoms with E-state index in [4.69, 9.17) is 9.84 Å². The van der Waals surface area contributed by atoms with Crippen LogP contribution in [0, 0.1) is 10.1 Å². The average molecular weight is 334 g/mol. The molecular weight excluding hydrogens is 318 g/mol. The Morgan fingerprint density at radius 2 is 2.00 bits per heavy atom. The van der Waals surface area contributed by atoms with Crippen LogP contribution in [-0.4, -0.2) is 26.7 Å². The first-order valence-electron chi connectivity index (χ1n) is 7.15. The van der Waals surface area contributed by atoms with Gasteiger partial charge in [0.05, 0.1) is 11.5 Å². The third kappa shape index (κ3) is 4.90. The van der Waals surface area contributed by atoms with E-state index in [1.54, 1.807) is 10.8 Å². The Kier molecular flexibility index (Phi) is 5.61. The third-order valence-electron chi connectivity index (χ3n) is 3.26. The van der Waals surface area contributed by atoms with Crippen LogP contribution in [-0.2, 0) is 22.7 Å². The number of esters is 1. The summed E-state index contributed by atoms with van der Waals surface area (Å²) in [6, 6.07) is 5.78. The number of hydrogen-bond donors (Lipinski definition) is 1. The number of benzene rings is 1. The molecule has 0 amide bonds. The monoisotopic (exact) mass is 334 g/mol. The fourth-order valence-electron chi connectivity index (χ4n) is 2.00. The molecule has 0 saturated carbocycles. The molecule has 1 aromatic carbocycles. The zero-order valence-electron chi connectivity index (χ0n) is 12.7. The second kappa shape index (κ2) is 7.86. The number of hydrogen-bond acceptors (Lipinski definition) is 5. The maximum atomic E-state index is 11.7. The van der Waals surface area contributed by atoms with Crippen molar-refractivity contribution in [3.8, 4) is 0 Å². The molecular formula is C15H16N3O6+. The van der Waals surface area contributed by atoms with Gasteiger partial charge in [-0.25, -0.2) is 4.57 Å². The Morgan fingerprint density at radius 1 is 1.29 bits per heavy atom. The van der Waals surface area contributed by atoms with Crippen LogP contribution in [0.5, 0.6) is 0 Å². The van der Waals surface area contributed by atoms with Crippen molar-refractivity contribution in [2.75, 3.05) is 0 Å². The molecule has 9 heteroatoms. The molecule has 0 spiro atoms. The quantitative estimate of drug-likeness (QED) is 0.357. The normalized spacial score (nSPS) is 10.3. The van der Waals surface area contributed by atoms with Gasteiger partial charge >= 0.3 is 12.1 Å². The molecule has 0 saturated heterocycles. The Hall–Kier alpha value is -3.23. The summed E-state index contributed by atoms with van der Waals surface area (Å²) < 4.78 is 7.78. The van der Waals surface area contributed by atoms with E-state index in [0.29, 0.717) is 18.5 Å². The van der Waals surface area contributed by atoms with Gasteiger partial charge in [0.25, 0.3) is 12.0 Å². The molecule has 1 N–H and O–H groups in total. The number of imidazole rings is 1. The minimum absolute atomic E-state index is 0.0181. The summed E-state index contributed by atoms with van der Waals surface area (Å²) in [6.45, 7) is 0.548. The third-order valence-corrected chi connectivity index (χ3v) is 3.26. The van der Waals surface area contributed by atoms with Crippen LogP contribution in [0.1, 0.15) is 18.4 Å². The molecule has 0 aliphatic heterocycles. The van der Waals surface area contributed by atoms with Gasteiger partial charge in [-0.15, -0.1) is 4.57 Å². The van der Waals surface area contributed by atoms with Crippen LogP contribution in [0.3, 0.4) is 0 Å². The van der Waals surface area contributed by atoms with Crippen LogP contribution >= 0.6 is 0 Å². The number of ether oxygens (including phenoxy) is 1. The van der Waals surface area contributed by atoms with Crippen molar-refractivity contribution >= 4 is 17.7 Å². The molecule has 24 heavy (non-hydrogen) atoms. The molecule has 0 bridgehead atoms. The fraction of sp³-hybridized carbons (Fsp3) is 0.267. The lowest BCUT2D eigenvalue weighted by molar-refractivity contribution is -0.696. The van der Waals surface area contributed by atoms with Gasteiger partial charge in [-0.05, 0) is 24.1 Å². The smallest absolute Gasteiger partial charge is 0.461 e. The van der Waals surface area contributed by atoms with E-state index in [0.717, 1.165) is 4.57 Å². The Balaban J connectivity index is 1.71. The largest absolute Gasteiger partial charge is 0.509 e. The van der Waals surface area contributed by atoms with Crippen LogP contribution < -0.4 is 4.57 Å². The number of nitro groups is 1. The van der Waals surface area contributed by atoms with E-state index in [1.165, 1.54) is 36.8 Å². The van der Waals surface area contributed by atoms with E-state index >= 15 is 0 Å². The predicted octanol–water partition coefficient (Wildman–Crippen LogP) is 1.73. The lowest BCUT2D eigenvalue weighted by Gasteiger charge is -2.04. The number of rotatable bonds is 7. The summed E-state index contributed by atoms with van der Waals surface area (Å²) in [5, 5.41) is 19.3. The first-order chi connectivity index (χ1) is 11.5. The number of nitrogens with zero attached hydrogens (tertiary/aromatic N) is 3. The van der Waals surface area contributed by atoms with Crippen molar-refractivity contribution in [1.82, 2.24) is 4.57 Å². The Bertz CT molecular complexity index is 738. The molecule has 0 fully saturated rings. The Morgan fingerprint density at radius 3 is 2.58 bits per heavy atom. The number of non-ortho nitro benzene ring substituents is 1. The van der Waals surface area contributed by atoms with E-state index < -0.39 is 11.0 Å². The number of carbonyl (C=O) groups is 2. The van der Waals surface area contributed by atoms with Gasteiger partial charge in [0.15, 0.2) is 0 Å². The van der Waals surface area contributed by atoms with Gasteiger partial charge < -0.3 is 9.84 Å². The number of carboxylic acid groups (broad SMARTS) is 1. The van der Waals surface area contributed by atoms with E-state index in [2.05, 4.69) is 0 Å². The van der Waals surface area contributed by atoms with Crippen LogP contribution in [0.25, 0.3) is 0 Å². The highest BCUT2D eigenvalue weighted by molar-refractivity contribution is 5.69. The number of nitro benzene ring substituents is 1. The van der Waals surface area contributed by atoms with E-state index in [9.17, 15) is 19.7 Å². The van der Waals surface area contributed by atoms with Gasteiger partial charge in [-0.3, -0.25) is 14.9 Å². The summed E-state index contributed by atoms with van der Waals surface area (Å²) in [5.41, 5.74) is 0.650. The topological polar surface area (TPSA) is 116 Å². The summed E-state index contributed by atoms with van der Waals surface area (Å²) >= 11 is 0. The van der Waals surface area contributed by atoms with Crippen molar-refractivity contribution in [2.45, 2.75) is 26.0 Å². The molecule has 1 heterocycles. The molecule has 126 valence electrons. The van der Waals surface area contributed by atoms with Gasteiger partial charge in [0.2, 0.25) is 0 Å². The predicted molar refractivity (Wildman–Crippen MR) is 80.2 cm³/mol. The van der Waals surface area contributed by atoms with Gasteiger partial charge in [-0.2, -0.15) is 4.79 Å². The van der Waals surface area contributed by atoms with Gasteiger partial charge in [0.1, 0.15) is 19.0 Å². The number of aromatic nitrogens is 2. The molecule has 0 radical (unpaired) electrons. The minimum Gasteiger partial charge on any atom is -0.461 e. The maximum Gasteiger partial charge on any atom is 0.509 e. The summed E-state index contributed by atoms with van der Waals surface area (Å²) in [7, 11) is 0. The second-order valence-corrected chi connectivity index (χ2v) is 5.03. The highest BCUT2D eigenvalue weighted by Gasteiger charge is 2.11. The van der Waals surface area contributed by atoms with E-state index in [1.807, 2.05) is 0 Å². The average Bonchev–Trinajstić information content (AvgIpc) is 3.02. The molecule has 0 unspecified atom stereocenters. The van der Waals surface area contributed by atoms with Gasteiger partial charge in [0, 0.05) is 18.6 Å². The van der Waals surface area contributed by atoms with Crippen molar-refractivity contribution in [1.29, 1.82) is 0 Å². The molecule has 9 nitrogen and oxygen atoms in total. The molecule has 1 aromatic heterocycles. The van der Waals surface area contributed by atoms with Gasteiger partial charge in [-0.1, -0.05) is 0 Å². The summed E-state index contributed by atoms with van der Waals surface area (Å²) in [5.74, 6) is -0.383. The molecule has 2 aromatic rings. The Labute approximate surface area is 136 Å². The zero-order valence-corrected chi connectivity index (χ0v) is 12.7.